The molecule has 2 aliphatic rings. The van der Waals surface area contributed by atoms with E-state index in [1.165, 1.54) is 0 Å². The minimum Gasteiger partial charge on any atom is -0.376 e. The van der Waals surface area contributed by atoms with Crippen LogP contribution in [0.25, 0.3) is 0 Å². The summed E-state index contributed by atoms with van der Waals surface area (Å²) in [6.07, 6.45) is 5.61. The Morgan fingerprint density at radius 2 is 1.58 bits per heavy atom. The maximum Gasteiger partial charge on any atom is 0.257 e. The molecule has 2 fully saturated rings. The molecule has 0 unspecified atom stereocenters. The number of hydrogen-bond donors (Lipinski definition) is 2. The quantitative estimate of drug-likeness (QED) is 0.645. The van der Waals surface area contributed by atoms with Gasteiger partial charge in [0.1, 0.15) is 0 Å². The van der Waals surface area contributed by atoms with Crippen molar-refractivity contribution in [1.29, 1.82) is 0 Å². The van der Waals surface area contributed by atoms with Crippen LogP contribution in [0.15, 0.2) is 54.6 Å². The van der Waals surface area contributed by atoms with Crippen LogP contribution >= 0.6 is 0 Å². The van der Waals surface area contributed by atoms with Gasteiger partial charge in [-0.15, -0.1) is 0 Å². The standard InChI is InChI=1S/C25H31N3O4S/c29-24(28(20-11-5-2-6-12-20)21-15-16-33(31,32)18-21)17-26-23-14-8-7-13-22(23)25(30)27-19-9-3-1-4-10-19/h1,3-4,7-10,13-14,20-21,26H,2,5-6,11-12,15-18H2,(H,27,30)/t21-/m1/s1. The van der Waals surface area contributed by atoms with E-state index >= 15 is 0 Å². The minimum atomic E-state index is -3.09. The molecule has 0 bridgehead atoms. The second-order valence-electron chi connectivity index (χ2n) is 8.87. The van der Waals surface area contributed by atoms with Gasteiger partial charge in [-0.25, -0.2) is 8.42 Å². The molecule has 1 saturated heterocycles. The number of anilines is 2. The van der Waals surface area contributed by atoms with Crippen molar-refractivity contribution in [2.24, 2.45) is 0 Å². The van der Waals surface area contributed by atoms with Gasteiger partial charge in [-0.3, -0.25) is 9.59 Å². The fourth-order valence-corrected chi connectivity index (χ4v) is 6.59. The summed E-state index contributed by atoms with van der Waals surface area (Å²) >= 11 is 0. The highest BCUT2D eigenvalue weighted by atomic mass is 32.2. The normalized spacial score (nSPS) is 20.2. The van der Waals surface area contributed by atoms with E-state index in [9.17, 15) is 18.0 Å². The van der Waals surface area contributed by atoms with Crippen LogP contribution in [0.4, 0.5) is 11.4 Å². The van der Waals surface area contributed by atoms with Crippen molar-refractivity contribution in [2.45, 2.75) is 50.6 Å². The van der Waals surface area contributed by atoms with E-state index in [2.05, 4.69) is 10.6 Å². The van der Waals surface area contributed by atoms with Gasteiger partial charge in [-0.05, 0) is 43.5 Å². The molecule has 1 atom stereocenters. The second kappa shape index (κ2) is 10.4. The minimum absolute atomic E-state index is 0.0165. The maximum atomic E-state index is 13.4. The van der Waals surface area contributed by atoms with Gasteiger partial charge in [0.15, 0.2) is 9.84 Å². The Morgan fingerprint density at radius 3 is 2.27 bits per heavy atom. The first-order chi connectivity index (χ1) is 15.9. The molecule has 7 nitrogen and oxygen atoms in total. The molecule has 2 aromatic carbocycles. The van der Waals surface area contributed by atoms with Crippen molar-refractivity contribution in [3.05, 3.63) is 60.2 Å². The molecule has 1 heterocycles. The van der Waals surface area contributed by atoms with E-state index in [1.807, 2.05) is 41.3 Å². The molecule has 2 aromatic rings. The Balaban J connectivity index is 1.47. The van der Waals surface area contributed by atoms with Crippen LogP contribution in [0.5, 0.6) is 0 Å². The number of carbonyl (C=O) groups excluding carboxylic acids is 2. The molecule has 4 rings (SSSR count). The zero-order valence-corrected chi connectivity index (χ0v) is 19.5. The first kappa shape index (κ1) is 23.3. The van der Waals surface area contributed by atoms with E-state index in [0.717, 1.165) is 32.1 Å². The Labute approximate surface area is 195 Å². The number of benzene rings is 2. The van der Waals surface area contributed by atoms with Crippen molar-refractivity contribution in [2.75, 3.05) is 28.7 Å². The van der Waals surface area contributed by atoms with Crippen LogP contribution in [0.1, 0.15) is 48.9 Å². The molecule has 0 aromatic heterocycles. The molecule has 0 radical (unpaired) electrons. The smallest absolute Gasteiger partial charge is 0.257 e. The van der Waals surface area contributed by atoms with Crippen LogP contribution in [0.2, 0.25) is 0 Å². The highest BCUT2D eigenvalue weighted by molar-refractivity contribution is 7.91. The topological polar surface area (TPSA) is 95.6 Å². The van der Waals surface area contributed by atoms with E-state index in [4.69, 9.17) is 0 Å². The first-order valence-electron chi connectivity index (χ1n) is 11.6. The lowest BCUT2D eigenvalue weighted by Gasteiger charge is -2.38. The lowest BCUT2D eigenvalue weighted by Crippen LogP contribution is -2.50. The van der Waals surface area contributed by atoms with Gasteiger partial charge in [-0.1, -0.05) is 49.6 Å². The van der Waals surface area contributed by atoms with Crippen molar-refractivity contribution >= 4 is 33.0 Å². The molecular weight excluding hydrogens is 438 g/mol. The largest absolute Gasteiger partial charge is 0.376 e. The van der Waals surface area contributed by atoms with Crippen molar-refractivity contribution in [1.82, 2.24) is 4.90 Å². The Morgan fingerprint density at radius 1 is 0.879 bits per heavy atom. The molecule has 2 N–H and O–H groups in total. The Bertz CT molecular complexity index is 1080. The van der Waals surface area contributed by atoms with Crippen molar-refractivity contribution in [3.63, 3.8) is 0 Å². The first-order valence-corrected chi connectivity index (χ1v) is 13.5. The van der Waals surface area contributed by atoms with E-state index in [0.29, 0.717) is 23.4 Å². The third-order valence-electron chi connectivity index (χ3n) is 6.49. The van der Waals surface area contributed by atoms with Crippen LogP contribution in [0, 0.1) is 0 Å². The summed E-state index contributed by atoms with van der Waals surface area (Å²) in [5.41, 5.74) is 1.71. The van der Waals surface area contributed by atoms with Crippen molar-refractivity contribution < 1.29 is 18.0 Å². The average Bonchev–Trinajstić information content (AvgIpc) is 3.18. The van der Waals surface area contributed by atoms with Gasteiger partial charge in [0.05, 0.1) is 23.6 Å². The summed E-state index contributed by atoms with van der Waals surface area (Å²) in [7, 11) is -3.09. The average molecular weight is 470 g/mol. The van der Waals surface area contributed by atoms with E-state index in [-0.39, 0.29) is 41.9 Å². The van der Waals surface area contributed by atoms with Gasteiger partial charge in [0.2, 0.25) is 5.91 Å². The monoisotopic (exact) mass is 469 g/mol. The summed E-state index contributed by atoms with van der Waals surface area (Å²) in [6.45, 7) is 0.0165. The Kier molecular flexibility index (Phi) is 7.33. The molecular formula is C25H31N3O4S. The summed E-state index contributed by atoms with van der Waals surface area (Å²) in [5, 5.41) is 6.02. The summed E-state index contributed by atoms with van der Waals surface area (Å²) in [6, 6.07) is 16.1. The van der Waals surface area contributed by atoms with Crippen LogP contribution in [-0.4, -0.2) is 55.3 Å². The van der Waals surface area contributed by atoms with Crippen LogP contribution in [0.3, 0.4) is 0 Å². The third-order valence-corrected chi connectivity index (χ3v) is 8.24. The van der Waals surface area contributed by atoms with Crippen molar-refractivity contribution in [3.8, 4) is 0 Å². The molecule has 176 valence electrons. The summed E-state index contributed by atoms with van der Waals surface area (Å²) < 4.78 is 24.2. The zero-order chi connectivity index (χ0) is 23.3. The number of para-hydroxylation sites is 2. The van der Waals surface area contributed by atoms with Gasteiger partial charge in [0.25, 0.3) is 5.91 Å². The number of carbonyl (C=O) groups is 2. The number of amides is 2. The molecule has 8 heteroatoms. The number of sulfone groups is 1. The lowest BCUT2D eigenvalue weighted by molar-refractivity contribution is -0.134. The SMILES string of the molecule is O=C(Nc1ccccc1)c1ccccc1NCC(=O)N(C1CCCCC1)[C@@H]1CCS(=O)(=O)C1. The highest BCUT2D eigenvalue weighted by Crippen LogP contribution is 2.28. The molecule has 1 aliphatic carbocycles. The van der Waals surface area contributed by atoms with Crippen LogP contribution in [-0.2, 0) is 14.6 Å². The fraction of sp³-hybridized carbons (Fsp3) is 0.440. The predicted molar refractivity (Wildman–Crippen MR) is 130 cm³/mol. The van der Waals surface area contributed by atoms with Gasteiger partial charge in [-0.2, -0.15) is 0 Å². The fourth-order valence-electron chi connectivity index (χ4n) is 4.88. The van der Waals surface area contributed by atoms with E-state index in [1.54, 1.807) is 18.2 Å². The number of nitrogens with zero attached hydrogens (tertiary/aromatic N) is 1. The lowest BCUT2D eigenvalue weighted by atomic mass is 9.93. The molecule has 2 amide bonds. The van der Waals surface area contributed by atoms with Gasteiger partial charge < -0.3 is 15.5 Å². The Hall–Kier alpha value is -2.87. The summed E-state index contributed by atoms with van der Waals surface area (Å²) in [4.78, 5) is 28.0. The number of rotatable bonds is 7. The van der Waals surface area contributed by atoms with Gasteiger partial charge in [0, 0.05) is 23.5 Å². The zero-order valence-electron chi connectivity index (χ0n) is 18.7. The highest BCUT2D eigenvalue weighted by Gasteiger charge is 2.38. The maximum absolute atomic E-state index is 13.4. The van der Waals surface area contributed by atoms with Crippen LogP contribution < -0.4 is 10.6 Å². The molecule has 0 spiro atoms. The predicted octanol–water partition coefficient (Wildman–Crippen LogP) is 3.70. The molecule has 33 heavy (non-hydrogen) atoms. The second-order valence-corrected chi connectivity index (χ2v) is 11.1. The molecule has 1 saturated carbocycles. The third kappa shape index (κ3) is 5.93. The number of nitrogens with one attached hydrogen (secondary N) is 2. The number of hydrogen-bond acceptors (Lipinski definition) is 5. The van der Waals surface area contributed by atoms with E-state index < -0.39 is 9.84 Å². The summed E-state index contributed by atoms with van der Waals surface area (Å²) in [5.74, 6) is -0.180. The molecule has 1 aliphatic heterocycles. The van der Waals surface area contributed by atoms with Gasteiger partial charge >= 0.3 is 0 Å².